The Kier molecular flexibility index (Phi) is 6.35. The van der Waals surface area contributed by atoms with Crippen LogP contribution in [0.1, 0.15) is 31.1 Å². The van der Waals surface area contributed by atoms with Gasteiger partial charge in [-0.15, -0.1) is 0 Å². The lowest BCUT2D eigenvalue weighted by molar-refractivity contribution is 0.102. The van der Waals surface area contributed by atoms with Crippen LogP contribution in [0.5, 0.6) is 5.75 Å². The third-order valence-electron chi connectivity index (χ3n) is 4.99. The SMILES string of the molecule is COc1ccc(C(=O)Nc2ccc3nc(-c4cccc(F)c4)[nH]c3c2)cc1S(=O)(=O)NC(C)(C)C. The van der Waals surface area contributed by atoms with E-state index in [2.05, 4.69) is 20.0 Å². The first-order valence-electron chi connectivity index (χ1n) is 10.7. The first-order valence-corrected chi connectivity index (χ1v) is 12.2. The Bertz CT molecular complexity index is 1520. The molecule has 0 unspecified atom stereocenters. The second kappa shape index (κ2) is 9.12. The van der Waals surface area contributed by atoms with Crippen LogP contribution in [-0.2, 0) is 10.0 Å². The molecule has 0 saturated carbocycles. The zero-order valence-corrected chi connectivity index (χ0v) is 20.5. The maximum Gasteiger partial charge on any atom is 0.255 e. The van der Waals surface area contributed by atoms with E-state index in [-0.39, 0.29) is 22.0 Å². The number of anilines is 1. The van der Waals surface area contributed by atoms with Gasteiger partial charge in [-0.3, -0.25) is 4.79 Å². The predicted octanol–water partition coefficient (Wildman–Crippen LogP) is 4.71. The standard InChI is InChI=1S/C25H25FN4O4S/c1-25(2,3)30-35(32,33)22-13-16(8-11-21(22)34-4)24(31)27-18-9-10-19-20(14-18)29-23(28-19)15-6-5-7-17(26)12-15/h5-14,30H,1-4H3,(H,27,31)(H,28,29). The zero-order valence-electron chi connectivity index (χ0n) is 19.6. The van der Waals surface area contributed by atoms with Crippen LogP contribution in [0.25, 0.3) is 22.4 Å². The van der Waals surface area contributed by atoms with Gasteiger partial charge in [0.15, 0.2) is 0 Å². The Morgan fingerprint density at radius 2 is 1.83 bits per heavy atom. The van der Waals surface area contributed by atoms with Crippen molar-refractivity contribution in [3.63, 3.8) is 0 Å². The Morgan fingerprint density at radius 3 is 2.51 bits per heavy atom. The molecule has 1 aromatic heterocycles. The minimum absolute atomic E-state index is 0.127. The number of rotatable bonds is 6. The van der Waals surface area contributed by atoms with Gasteiger partial charge in [0.2, 0.25) is 10.0 Å². The Balaban J connectivity index is 1.61. The Labute approximate surface area is 202 Å². The number of fused-ring (bicyclic) bond motifs is 1. The first-order chi connectivity index (χ1) is 16.4. The number of hydrogen-bond acceptors (Lipinski definition) is 5. The van der Waals surface area contributed by atoms with E-state index in [1.807, 2.05) is 0 Å². The van der Waals surface area contributed by atoms with Crippen LogP contribution >= 0.6 is 0 Å². The quantitative estimate of drug-likeness (QED) is 0.358. The lowest BCUT2D eigenvalue weighted by Crippen LogP contribution is -2.40. The molecule has 0 spiro atoms. The van der Waals surface area contributed by atoms with Gasteiger partial charge in [-0.25, -0.2) is 22.5 Å². The topological polar surface area (TPSA) is 113 Å². The van der Waals surface area contributed by atoms with E-state index in [0.717, 1.165) is 0 Å². The average molecular weight is 497 g/mol. The molecule has 0 bridgehead atoms. The number of nitrogens with one attached hydrogen (secondary N) is 3. The fraction of sp³-hybridized carbons (Fsp3) is 0.200. The monoisotopic (exact) mass is 496 g/mol. The van der Waals surface area contributed by atoms with Crippen molar-refractivity contribution in [1.29, 1.82) is 0 Å². The van der Waals surface area contributed by atoms with Crippen LogP contribution in [0.3, 0.4) is 0 Å². The number of carbonyl (C=O) groups excluding carboxylic acids is 1. The predicted molar refractivity (Wildman–Crippen MR) is 133 cm³/mol. The lowest BCUT2D eigenvalue weighted by Gasteiger charge is -2.21. The number of ether oxygens (including phenoxy) is 1. The van der Waals surface area contributed by atoms with E-state index in [1.54, 1.807) is 51.1 Å². The van der Waals surface area contributed by atoms with E-state index in [4.69, 9.17) is 4.74 Å². The van der Waals surface area contributed by atoms with Gasteiger partial charge in [0, 0.05) is 22.4 Å². The molecule has 3 N–H and O–H groups in total. The van der Waals surface area contributed by atoms with Gasteiger partial charge < -0.3 is 15.0 Å². The second-order valence-corrected chi connectivity index (χ2v) is 10.7. The number of H-pyrrole nitrogens is 1. The smallest absolute Gasteiger partial charge is 0.255 e. The summed E-state index contributed by atoms with van der Waals surface area (Å²) >= 11 is 0. The van der Waals surface area contributed by atoms with Crippen LogP contribution in [0.15, 0.2) is 65.6 Å². The number of aromatic amines is 1. The van der Waals surface area contributed by atoms with Gasteiger partial charge in [0.05, 0.1) is 18.1 Å². The molecular weight excluding hydrogens is 471 g/mol. The molecule has 0 aliphatic heterocycles. The summed E-state index contributed by atoms with van der Waals surface area (Å²) in [4.78, 5) is 20.4. The molecule has 4 aromatic rings. The first kappa shape index (κ1) is 24.4. The summed E-state index contributed by atoms with van der Waals surface area (Å²) in [7, 11) is -2.58. The number of methoxy groups -OCH3 is 1. The molecule has 0 saturated heterocycles. The van der Waals surface area contributed by atoms with Crippen LogP contribution in [-0.4, -0.2) is 36.9 Å². The average Bonchev–Trinajstić information content (AvgIpc) is 3.20. The molecular formula is C25H25FN4O4S. The molecule has 0 atom stereocenters. The van der Waals surface area contributed by atoms with Gasteiger partial charge in [-0.1, -0.05) is 12.1 Å². The summed E-state index contributed by atoms with van der Waals surface area (Å²) in [5.41, 5.74) is 1.80. The maximum absolute atomic E-state index is 13.6. The highest BCUT2D eigenvalue weighted by Crippen LogP contribution is 2.27. The van der Waals surface area contributed by atoms with E-state index in [1.165, 1.54) is 37.4 Å². The fourth-order valence-electron chi connectivity index (χ4n) is 3.55. The van der Waals surface area contributed by atoms with Crippen molar-refractivity contribution in [3.8, 4) is 17.1 Å². The summed E-state index contributed by atoms with van der Waals surface area (Å²) < 4.78 is 47.1. The van der Waals surface area contributed by atoms with E-state index in [0.29, 0.717) is 28.1 Å². The lowest BCUT2D eigenvalue weighted by atomic mass is 10.1. The largest absolute Gasteiger partial charge is 0.495 e. The summed E-state index contributed by atoms with van der Waals surface area (Å²) in [6.45, 7) is 5.16. The molecule has 1 amide bonds. The summed E-state index contributed by atoms with van der Waals surface area (Å²) in [5, 5.41) is 2.77. The number of imidazole rings is 1. The zero-order chi connectivity index (χ0) is 25.4. The van der Waals surface area contributed by atoms with Gasteiger partial charge in [-0.05, 0) is 69.3 Å². The fourth-order valence-corrected chi connectivity index (χ4v) is 5.16. The Morgan fingerprint density at radius 1 is 1.06 bits per heavy atom. The van der Waals surface area contributed by atoms with Crippen LogP contribution in [0.2, 0.25) is 0 Å². The van der Waals surface area contributed by atoms with Gasteiger partial charge >= 0.3 is 0 Å². The maximum atomic E-state index is 13.6. The number of sulfonamides is 1. The molecule has 3 aromatic carbocycles. The molecule has 8 nitrogen and oxygen atoms in total. The molecule has 0 fully saturated rings. The summed E-state index contributed by atoms with van der Waals surface area (Å²) in [6.07, 6.45) is 0. The molecule has 182 valence electrons. The molecule has 0 radical (unpaired) electrons. The van der Waals surface area contributed by atoms with Crippen molar-refractivity contribution in [3.05, 3.63) is 72.0 Å². The number of aromatic nitrogens is 2. The van der Waals surface area contributed by atoms with Crippen molar-refractivity contribution < 1.29 is 22.3 Å². The number of carbonyl (C=O) groups is 1. The molecule has 0 aliphatic carbocycles. The van der Waals surface area contributed by atoms with Crippen LogP contribution in [0, 0.1) is 5.82 Å². The number of halogens is 1. The van der Waals surface area contributed by atoms with E-state index < -0.39 is 21.5 Å². The second-order valence-electron chi connectivity index (χ2n) is 9.00. The van der Waals surface area contributed by atoms with Crippen LogP contribution < -0.4 is 14.8 Å². The summed E-state index contributed by atoms with van der Waals surface area (Å²) in [6, 6.07) is 15.4. The van der Waals surface area contributed by atoms with Gasteiger partial charge in [0.25, 0.3) is 5.91 Å². The summed E-state index contributed by atoms with van der Waals surface area (Å²) in [5.74, 6) is -0.236. The minimum atomic E-state index is -3.94. The van der Waals surface area contributed by atoms with Crippen molar-refractivity contribution in [2.24, 2.45) is 0 Å². The number of amides is 1. The van der Waals surface area contributed by atoms with Crippen LogP contribution in [0.4, 0.5) is 10.1 Å². The molecule has 10 heteroatoms. The van der Waals surface area contributed by atoms with Gasteiger partial charge in [-0.2, -0.15) is 0 Å². The van der Waals surface area contributed by atoms with Gasteiger partial charge in [0.1, 0.15) is 22.3 Å². The van der Waals surface area contributed by atoms with Crippen molar-refractivity contribution in [2.45, 2.75) is 31.2 Å². The third kappa shape index (κ3) is 5.50. The highest BCUT2D eigenvalue weighted by Gasteiger charge is 2.26. The molecule has 35 heavy (non-hydrogen) atoms. The highest BCUT2D eigenvalue weighted by atomic mass is 32.2. The molecule has 4 rings (SSSR count). The van der Waals surface area contributed by atoms with Crippen molar-refractivity contribution in [2.75, 3.05) is 12.4 Å². The highest BCUT2D eigenvalue weighted by molar-refractivity contribution is 7.89. The Hall–Kier alpha value is -3.76. The van der Waals surface area contributed by atoms with E-state index in [9.17, 15) is 17.6 Å². The third-order valence-corrected chi connectivity index (χ3v) is 6.77. The molecule has 0 aliphatic rings. The number of nitrogens with zero attached hydrogens (tertiary/aromatic N) is 1. The van der Waals surface area contributed by atoms with Crippen molar-refractivity contribution in [1.82, 2.24) is 14.7 Å². The number of hydrogen-bond donors (Lipinski definition) is 3. The minimum Gasteiger partial charge on any atom is -0.495 e. The van der Waals surface area contributed by atoms with E-state index >= 15 is 0 Å². The molecule has 1 heterocycles. The number of benzene rings is 3. The van der Waals surface area contributed by atoms with Crippen molar-refractivity contribution >= 4 is 32.7 Å². The normalized spacial score (nSPS) is 12.0.